The van der Waals surface area contributed by atoms with Gasteiger partial charge in [0.25, 0.3) is 0 Å². The summed E-state index contributed by atoms with van der Waals surface area (Å²) >= 11 is 0. The van der Waals surface area contributed by atoms with Crippen molar-refractivity contribution in [2.24, 2.45) is 5.92 Å². The molecule has 2 saturated heterocycles. The second-order valence-electron chi connectivity index (χ2n) is 14.2. The number of aromatic hydroxyl groups is 2. The molecule has 3 aliphatic carbocycles. The maximum atomic E-state index is 14.5. The number of nitrogens with one attached hydrogen (secondary N) is 1. The van der Waals surface area contributed by atoms with Crippen molar-refractivity contribution < 1.29 is 68.1 Å². The summed E-state index contributed by atoms with van der Waals surface area (Å²) in [4.78, 5) is 71.5. The van der Waals surface area contributed by atoms with Crippen molar-refractivity contribution in [2.45, 2.75) is 62.9 Å². The number of carbonyl (C=O) groups is 5. The summed E-state index contributed by atoms with van der Waals surface area (Å²) in [6.07, 6.45) is -5.42. The van der Waals surface area contributed by atoms with Crippen LogP contribution in [0.4, 0.5) is 0 Å². The minimum Gasteiger partial charge on any atom is -0.507 e. The molecule has 0 amide bonds. The van der Waals surface area contributed by atoms with Crippen molar-refractivity contribution in [3.63, 3.8) is 0 Å². The molecule has 16 heteroatoms. The van der Waals surface area contributed by atoms with Crippen LogP contribution in [-0.4, -0.2) is 145 Å². The van der Waals surface area contributed by atoms with Crippen LogP contribution in [0.5, 0.6) is 11.5 Å². The Bertz CT molecular complexity index is 1970. The predicted molar refractivity (Wildman–Crippen MR) is 185 cm³/mol. The summed E-state index contributed by atoms with van der Waals surface area (Å²) < 4.78 is 27.5. The van der Waals surface area contributed by atoms with Gasteiger partial charge >= 0.3 is 5.97 Å². The second kappa shape index (κ2) is 14.6. The Balaban J connectivity index is 1.22. The van der Waals surface area contributed by atoms with E-state index in [4.69, 9.17) is 23.7 Å². The molecule has 0 radical (unpaired) electrons. The van der Waals surface area contributed by atoms with Crippen molar-refractivity contribution in [1.29, 1.82) is 0 Å². The quantitative estimate of drug-likeness (QED) is 0.233. The number of benzene rings is 2. The van der Waals surface area contributed by atoms with Crippen molar-refractivity contribution in [1.82, 2.24) is 10.2 Å². The van der Waals surface area contributed by atoms with Gasteiger partial charge in [0, 0.05) is 56.6 Å². The number of allylic oxidation sites excluding steroid dienone is 2. The second-order valence-corrected chi connectivity index (χ2v) is 14.2. The number of esters is 1. The first-order valence-corrected chi connectivity index (χ1v) is 17.7. The maximum Gasteiger partial charge on any atom is 0.342 e. The first-order valence-electron chi connectivity index (χ1n) is 17.7. The summed E-state index contributed by atoms with van der Waals surface area (Å²) in [6, 6.07) is 2.61. The lowest BCUT2D eigenvalue weighted by Gasteiger charge is -2.43. The van der Waals surface area contributed by atoms with E-state index in [1.165, 1.54) is 14.2 Å². The number of aryl methyl sites for hydroxylation is 1. The maximum absolute atomic E-state index is 14.5. The molecule has 0 bridgehead atoms. The molecule has 0 saturated carbocycles. The molecule has 2 aromatic rings. The molecule has 288 valence electrons. The monoisotopic (exact) mass is 750 g/mol. The fraction of sp³-hybridized carbons (Fsp3) is 0.500. The normalized spacial score (nSPS) is 29.5. The van der Waals surface area contributed by atoms with E-state index in [1.54, 1.807) is 19.9 Å². The third-order valence-corrected chi connectivity index (χ3v) is 11.1. The summed E-state index contributed by atoms with van der Waals surface area (Å²) in [5, 5.41) is 48.0. The number of aliphatic hydroxyl groups excluding tert-OH is 2. The summed E-state index contributed by atoms with van der Waals surface area (Å²) in [6.45, 7) is 6.18. The Hall–Kier alpha value is -4.55. The van der Waals surface area contributed by atoms with Gasteiger partial charge in [0.1, 0.15) is 42.0 Å². The lowest BCUT2D eigenvalue weighted by Crippen LogP contribution is -2.62. The highest BCUT2D eigenvalue weighted by molar-refractivity contribution is 6.29. The van der Waals surface area contributed by atoms with E-state index in [-0.39, 0.29) is 35.4 Å². The predicted octanol–water partition coefficient (Wildman–Crippen LogP) is 0.579. The minimum absolute atomic E-state index is 0.0268. The number of rotatable bonds is 8. The highest BCUT2D eigenvalue weighted by Gasteiger charge is 2.53. The first kappa shape index (κ1) is 37.8. The molecule has 54 heavy (non-hydrogen) atoms. The number of fused-ring (bicyclic) bond motifs is 5. The molecule has 16 nitrogen and oxygen atoms in total. The number of morpholine rings is 1. The van der Waals surface area contributed by atoms with Crippen molar-refractivity contribution in [3.05, 3.63) is 68.4 Å². The zero-order valence-electron chi connectivity index (χ0n) is 30.1. The average Bonchev–Trinajstić information content (AvgIpc) is 3.12. The third-order valence-electron chi connectivity index (χ3n) is 11.1. The van der Waals surface area contributed by atoms with Gasteiger partial charge in [-0.2, -0.15) is 0 Å². The van der Waals surface area contributed by atoms with Gasteiger partial charge in [-0.15, -0.1) is 0 Å². The number of ether oxygens (including phenoxy) is 5. The van der Waals surface area contributed by atoms with Crippen LogP contribution in [0.25, 0.3) is 0 Å². The van der Waals surface area contributed by atoms with Crippen LogP contribution >= 0.6 is 0 Å². The smallest absolute Gasteiger partial charge is 0.342 e. The number of hydrogen-bond donors (Lipinski definition) is 5. The standard InChI is InChI=1S/C38H42N2O14/c1-15-11-17-12-21(41)27-28(24(17)31(45)23(15)38(49)53-10-7-40-5-8-52-9-6-40)30(44)19-13-18-25(32(46)26(19)33(27)47)22(42)14-20(29(18)43)39-37-36(51-4)34(48)35(50-3)16(2)54-37/h11,13-14,16,21,27-28,34-37,39,41,45-46,48H,5-10,12H2,1-4H3/t16-,21+,27?,28?,34+,35-,36+,37-/m0/s1. The molecule has 2 aliphatic heterocycles. The lowest BCUT2D eigenvalue weighted by atomic mass is 9.62. The van der Waals surface area contributed by atoms with Crippen molar-refractivity contribution in [2.75, 3.05) is 53.7 Å². The van der Waals surface area contributed by atoms with Gasteiger partial charge in [0.2, 0.25) is 5.78 Å². The molecule has 7 rings (SSSR count). The molecular weight excluding hydrogens is 708 g/mol. The van der Waals surface area contributed by atoms with E-state index in [9.17, 15) is 44.4 Å². The molecule has 0 aromatic heterocycles. The molecule has 8 atom stereocenters. The van der Waals surface area contributed by atoms with E-state index in [2.05, 4.69) is 10.2 Å². The van der Waals surface area contributed by atoms with Crippen LogP contribution in [0, 0.1) is 12.8 Å². The van der Waals surface area contributed by atoms with Crippen LogP contribution in [-0.2, 0) is 30.1 Å². The van der Waals surface area contributed by atoms with Gasteiger partial charge in [-0.3, -0.25) is 24.1 Å². The van der Waals surface area contributed by atoms with Crippen LogP contribution in [0.15, 0.2) is 23.9 Å². The Morgan fingerprint density at radius 1 is 0.963 bits per heavy atom. The molecule has 0 spiro atoms. The number of carbonyl (C=O) groups excluding carboxylic acids is 5. The largest absolute Gasteiger partial charge is 0.507 e. The molecule has 2 unspecified atom stereocenters. The average molecular weight is 751 g/mol. The summed E-state index contributed by atoms with van der Waals surface area (Å²) in [7, 11) is 2.72. The SMILES string of the molecule is CO[C@@H]1[C@@H](O)[C@@H](OC)[C@@H](NC2=CC(=O)c3c(cc4c(c3O)C(=O)C3C(C4=O)c4c(cc(C)c(C(=O)OCCN5CCOCC5)c4O)C[C@H]3O)C2=O)O[C@H]1C. The van der Waals surface area contributed by atoms with Gasteiger partial charge < -0.3 is 49.4 Å². The molecule has 2 fully saturated rings. The van der Waals surface area contributed by atoms with Gasteiger partial charge in [-0.05, 0) is 37.5 Å². The number of aliphatic hydroxyl groups is 2. The van der Waals surface area contributed by atoms with Gasteiger partial charge in [-0.25, -0.2) is 4.79 Å². The number of ketones is 4. The Morgan fingerprint density at radius 3 is 2.35 bits per heavy atom. The number of phenolic OH excluding ortho intramolecular Hbond substituents is 2. The zero-order valence-corrected chi connectivity index (χ0v) is 30.1. The van der Waals surface area contributed by atoms with Crippen LogP contribution in [0.3, 0.4) is 0 Å². The summed E-state index contributed by atoms with van der Waals surface area (Å²) in [5.41, 5.74) is -1.66. The van der Waals surface area contributed by atoms with Crippen molar-refractivity contribution >= 4 is 29.1 Å². The van der Waals surface area contributed by atoms with Crippen molar-refractivity contribution in [3.8, 4) is 11.5 Å². The zero-order chi connectivity index (χ0) is 38.7. The van der Waals surface area contributed by atoms with Crippen LogP contribution < -0.4 is 5.32 Å². The Morgan fingerprint density at radius 2 is 1.67 bits per heavy atom. The molecule has 2 heterocycles. The third kappa shape index (κ3) is 6.11. The number of hydrogen-bond acceptors (Lipinski definition) is 16. The number of nitrogens with zero attached hydrogens (tertiary/aromatic N) is 1. The molecule has 5 aliphatic rings. The minimum atomic E-state index is -1.50. The highest BCUT2D eigenvalue weighted by Crippen LogP contribution is 2.51. The molecular formula is C38H42N2O14. The van der Waals surface area contributed by atoms with Gasteiger partial charge in [0.15, 0.2) is 23.6 Å². The van der Waals surface area contributed by atoms with E-state index in [0.29, 0.717) is 44.0 Å². The fourth-order valence-electron chi connectivity index (χ4n) is 8.49. The highest BCUT2D eigenvalue weighted by atomic mass is 16.6. The van der Waals surface area contributed by atoms with Crippen LogP contribution in [0.2, 0.25) is 0 Å². The number of methoxy groups -OCH3 is 2. The summed E-state index contributed by atoms with van der Waals surface area (Å²) in [5.74, 6) is -8.65. The van der Waals surface area contributed by atoms with Gasteiger partial charge in [0.05, 0.1) is 54.1 Å². The number of Topliss-reactive ketones (excluding diaryl/α,β-unsaturated/α-hetero) is 3. The van der Waals surface area contributed by atoms with E-state index in [1.807, 2.05) is 0 Å². The number of phenols is 2. The molecule has 5 N–H and O–H groups in total. The Labute approximate surface area is 309 Å². The fourth-order valence-corrected chi connectivity index (χ4v) is 8.49. The van der Waals surface area contributed by atoms with E-state index < -0.39 is 106 Å². The first-order chi connectivity index (χ1) is 25.8. The van der Waals surface area contributed by atoms with Gasteiger partial charge in [-0.1, -0.05) is 6.07 Å². The Kier molecular flexibility index (Phi) is 10.2. The van der Waals surface area contributed by atoms with Crippen LogP contribution in [0.1, 0.15) is 81.3 Å². The molecule has 2 aromatic carbocycles. The van der Waals surface area contributed by atoms with E-state index in [0.717, 1.165) is 12.1 Å². The lowest BCUT2D eigenvalue weighted by molar-refractivity contribution is -0.236. The topological polar surface area (TPSA) is 228 Å². The van der Waals surface area contributed by atoms with E-state index >= 15 is 0 Å².